The Morgan fingerprint density at radius 2 is 2.45 bits per heavy atom. The molecule has 11 heavy (non-hydrogen) atoms. The average Bonchev–Trinajstić information content (AvgIpc) is 2.34. The SMILES string of the molecule is O=C1COC(C(I)C(=O)[O-])C1. The van der Waals surface area contributed by atoms with Crippen LogP contribution in [0.1, 0.15) is 6.42 Å². The molecule has 1 fully saturated rings. The molecule has 0 saturated carbocycles. The highest BCUT2D eigenvalue weighted by atomic mass is 127. The molecule has 0 aromatic carbocycles. The first-order valence-corrected chi connectivity index (χ1v) is 4.34. The van der Waals surface area contributed by atoms with Crippen LogP contribution in [0.4, 0.5) is 0 Å². The Morgan fingerprint density at radius 1 is 1.82 bits per heavy atom. The smallest absolute Gasteiger partial charge is 0.161 e. The molecule has 1 aliphatic heterocycles. The van der Waals surface area contributed by atoms with Crippen molar-refractivity contribution in [3.63, 3.8) is 0 Å². The number of hydrogen-bond acceptors (Lipinski definition) is 4. The van der Waals surface area contributed by atoms with Gasteiger partial charge in [0.15, 0.2) is 5.78 Å². The maximum Gasteiger partial charge on any atom is 0.161 e. The minimum Gasteiger partial charge on any atom is -0.549 e. The van der Waals surface area contributed by atoms with Crippen LogP contribution in [0.25, 0.3) is 0 Å². The van der Waals surface area contributed by atoms with Crippen LogP contribution < -0.4 is 5.11 Å². The Hall–Kier alpha value is -0.170. The number of hydrogen-bond donors (Lipinski definition) is 0. The summed E-state index contributed by atoms with van der Waals surface area (Å²) in [4.78, 5) is 20.9. The van der Waals surface area contributed by atoms with Crippen LogP contribution in [-0.2, 0) is 14.3 Å². The van der Waals surface area contributed by atoms with Gasteiger partial charge in [0.25, 0.3) is 0 Å². The summed E-state index contributed by atoms with van der Waals surface area (Å²) in [6.07, 6.45) is -0.296. The summed E-state index contributed by atoms with van der Waals surface area (Å²) >= 11 is 1.70. The molecule has 2 atom stereocenters. The summed E-state index contributed by atoms with van der Waals surface area (Å²) < 4.78 is 4.19. The van der Waals surface area contributed by atoms with E-state index in [9.17, 15) is 14.7 Å². The second-order valence-corrected chi connectivity index (χ2v) is 3.66. The van der Waals surface area contributed by atoms with Gasteiger partial charge in [-0.3, -0.25) is 4.79 Å². The minimum atomic E-state index is -1.18. The standard InChI is InChI=1S/C6H7IO4/c7-5(6(9)10)4-1-3(8)2-11-4/h4-5H,1-2H2,(H,9,10)/p-1. The lowest BCUT2D eigenvalue weighted by atomic mass is 10.2. The Labute approximate surface area is 77.1 Å². The fourth-order valence-corrected chi connectivity index (χ4v) is 1.34. The third-order valence-corrected chi connectivity index (χ3v) is 2.75. The highest BCUT2D eigenvalue weighted by Gasteiger charge is 2.29. The Balaban J connectivity index is 2.49. The molecule has 1 rings (SSSR count). The third-order valence-electron chi connectivity index (χ3n) is 1.44. The van der Waals surface area contributed by atoms with Crippen LogP contribution in [-0.4, -0.2) is 28.4 Å². The minimum absolute atomic E-state index is 0.0391. The first-order valence-electron chi connectivity index (χ1n) is 3.09. The summed E-state index contributed by atoms with van der Waals surface area (Å²) in [6, 6.07) is 0. The first kappa shape index (κ1) is 8.92. The second-order valence-electron chi connectivity index (χ2n) is 2.31. The van der Waals surface area contributed by atoms with Crippen molar-refractivity contribution < 1.29 is 19.4 Å². The molecule has 0 bridgehead atoms. The number of halogens is 1. The lowest BCUT2D eigenvalue weighted by Gasteiger charge is -2.16. The van der Waals surface area contributed by atoms with Crippen molar-refractivity contribution in [1.29, 1.82) is 0 Å². The maximum atomic E-state index is 10.6. The molecule has 0 N–H and O–H groups in total. The number of carbonyl (C=O) groups is 2. The van der Waals surface area contributed by atoms with Gasteiger partial charge in [0.1, 0.15) is 6.61 Å². The average molecular weight is 269 g/mol. The molecule has 5 heteroatoms. The van der Waals surface area contributed by atoms with Crippen molar-refractivity contribution in [3.8, 4) is 0 Å². The number of Topliss-reactive ketones (excluding diaryl/α,β-unsaturated/α-hetero) is 1. The van der Waals surface area contributed by atoms with Crippen molar-refractivity contribution in [3.05, 3.63) is 0 Å². The van der Waals surface area contributed by atoms with Crippen molar-refractivity contribution in [1.82, 2.24) is 0 Å². The van der Waals surface area contributed by atoms with E-state index >= 15 is 0 Å². The molecular formula is C6H6IO4-. The summed E-state index contributed by atoms with van der Waals surface area (Å²) in [7, 11) is 0. The van der Waals surface area contributed by atoms with Crippen LogP contribution in [0.15, 0.2) is 0 Å². The van der Waals surface area contributed by atoms with Crippen LogP contribution in [0, 0.1) is 0 Å². The van der Waals surface area contributed by atoms with E-state index < -0.39 is 16.0 Å². The summed E-state index contributed by atoms with van der Waals surface area (Å²) in [5, 5.41) is 10.3. The van der Waals surface area contributed by atoms with E-state index in [1.807, 2.05) is 0 Å². The first-order chi connectivity index (χ1) is 5.11. The van der Waals surface area contributed by atoms with Crippen molar-refractivity contribution in [2.24, 2.45) is 0 Å². The summed E-state index contributed by atoms with van der Waals surface area (Å²) in [5.41, 5.74) is 0. The van der Waals surface area contributed by atoms with E-state index in [-0.39, 0.29) is 18.8 Å². The quantitative estimate of drug-likeness (QED) is 0.471. The van der Waals surface area contributed by atoms with Crippen LogP contribution in [0.5, 0.6) is 0 Å². The molecule has 1 aliphatic rings. The van der Waals surface area contributed by atoms with Gasteiger partial charge in [0.2, 0.25) is 0 Å². The molecule has 0 aromatic heterocycles. The summed E-state index contributed by atoms with van der Waals surface area (Å²) in [6.45, 7) is 0.0391. The molecule has 0 aliphatic carbocycles. The van der Waals surface area contributed by atoms with Crippen LogP contribution in [0.2, 0.25) is 0 Å². The van der Waals surface area contributed by atoms with Gasteiger partial charge in [-0.25, -0.2) is 0 Å². The predicted octanol–water partition coefficient (Wildman–Crippen LogP) is -1.10. The van der Waals surface area contributed by atoms with Crippen molar-refractivity contribution >= 4 is 34.3 Å². The van der Waals surface area contributed by atoms with E-state index in [0.29, 0.717) is 0 Å². The number of alkyl halides is 1. The van der Waals surface area contributed by atoms with E-state index in [2.05, 4.69) is 0 Å². The zero-order valence-electron chi connectivity index (χ0n) is 5.58. The summed E-state index contributed by atoms with van der Waals surface area (Å²) in [5.74, 6) is -1.22. The van der Waals surface area contributed by atoms with Gasteiger partial charge in [-0.2, -0.15) is 0 Å². The fraction of sp³-hybridized carbons (Fsp3) is 0.667. The van der Waals surface area contributed by atoms with Crippen LogP contribution in [0.3, 0.4) is 0 Å². The molecule has 0 spiro atoms. The number of ketones is 1. The van der Waals surface area contributed by atoms with Gasteiger partial charge in [-0.15, -0.1) is 0 Å². The zero-order valence-corrected chi connectivity index (χ0v) is 7.74. The lowest BCUT2D eigenvalue weighted by molar-refractivity contribution is -0.305. The fourth-order valence-electron chi connectivity index (χ4n) is 0.882. The van der Waals surface area contributed by atoms with E-state index in [1.54, 1.807) is 22.6 Å². The molecule has 4 nitrogen and oxygen atoms in total. The Morgan fingerprint density at radius 3 is 2.82 bits per heavy atom. The molecule has 2 unspecified atom stereocenters. The predicted molar refractivity (Wildman–Crippen MR) is 42.2 cm³/mol. The number of carboxylic acid groups (broad SMARTS) is 1. The number of ether oxygens (including phenoxy) is 1. The second kappa shape index (κ2) is 3.48. The van der Waals surface area contributed by atoms with E-state index in [1.165, 1.54) is 0 Å². The number of rotatable bonds is 2. The normalized spacial score (nSPS) is 27.0. The number of carbonyl (C=O) groups excluding carboxylic acids is 2. The topological polar surface area (TPSA) is 66.4 Å². The highest BCUT2D eigenvalue weighted by molar-refractivity contribution is 14.1. The van der Waals surface area contributed by atoms with Gasteiger partial charge in [-0.1, -0.05) is 22.6 Å². The van der Waals surface area contributed by atoms with Crippen LogP contribution >= 0.6 is 22.6 Å². The van der Waals surface area contributed by atoms with Crippen molar-refractivity contribution in [2.45, 2.75) is 16.4 Å². The molecule has 0 amide bonds. The number of carboxylic acids is 1. The molecule has 0 radical (unpaired) electrons. The largest absolute Gasteiger partial charge is 0.549 e. The van der Waals surface area contributed by atoms with E-state index in [4.69, 9.17) is 4.74 Å². The van der Waals surface area contributed by atoms with Gasteiger partial charge in [-0.05, 0) is 0 Å². The van der Waals surface area contributed by atoms with Gasteiger partial charge in [0, 0.05) is 6.42 Å². The molecule has 1 heterocycles. The molecular weight excluding hydrogens is 263 g/mol. The van der Waals surface area contributed by atoms with Gasteiger partial charge in [0.05, 0.1) is 16.0 Å². The van der Waals surface area contributed by atoms with Crippen molar-refractivity contribution in [2.75, 3.05) is 6.61 Å². The highest BCUT2D eigenvalue weighted by Crippen LogP contribution is 2.18. The maximum absolute atomic E-state index is 10.6. The lowest BCUT2D eigenvalue weighted by Crippen LogP contribution is -2.39. The number of aliphatic carboxylic acids is 1. The molecule has 62 valence electrons. The van der Waals surface area contributed by atoms with Gasteiger partial charge < -0.3 is 14.6 Å². The molecule has 1 saturated heterocycles. The Bertz CT molecular complexity index is 191. The molecule has 0 aromatic rings. The monoisotopic (exact) mass is 269 g/mol. The third kappa shape index (κ3) is 2.13. The van der Waals surface area contributed by atoms with E-state index in [0.717, 1.165) is 0 Å². The Kier molecular flexibility index (Phi) is 2.83. The van der Waals surface area contributed by atoms with Gasteiger partial charge >= 0.3 is 0 Å². The zero-order chi connectivity index (χ0) is 8.43.